The molecular formula is C23H26N2O3. The molecule has 0 atom stereocenters. The topological polar surface area (TPSA) is 42.0 Å². The van der Waals surface area contributed by atoms with Crippen LogP contribution in [0.1, 0.15) is 41.6 Å². The van der Waals surface area contributed by atoms with Crippen LogP contribution in [0.4, 0.5) is 0 Å². The van der Waals surface area contributed by atoms with E-state index in [0.717, 1.165) is 59.9 Å². The van der Waals surface area contributed by atoms with Crippen molar-refractivity contribution in [3.05, 3.63) is 47.5 Å². The second-order valence-electron chi connectivity index (χ2n) is 7.91. The van der Waals surface area contributed by atoms with E-state index in [1.165, 1.54) is 25.7 Å². The van der Waals surface area contributed by atoms with Crippen LogP contribution in [-0.4, -0.2) is 55.2 Å². The van der Waals surface area contributed by atoms with Crippen LogP contribution in [0.25, 0.3) is 11.1 Å². The third-order valence-corrected chi connectivity index (χ3v) is 5.99. The van der Waals surface area contributed by atoms with Gasteiger partial charge in [-0.1, -0.05) is 12.1 Å². The van der Waals surface area contributed by atoms with Crippen LogP contribution >= 0.6 is 0 Å². The van der Waals surface area contributed by atoms with Gasteiger partial charge in [-0.15, -0.1) is 0 Å². The van der Waals surface area contributed by atoms with Crippen LogP contribution in [0, 0.1) is 0 Å². The molecule has 1 aliphatic carbocycles. The highest BCUT2D eigenvalue weighted by Gasteiger charge is 2.30. The number of ether oxygens (including phenoxy) is 2. The van der Waals surface area contributed by atoms with E-state index in [2.05, 4.69) is 9.80 Å². The number of hydrogen-bond donors (Lipinski definition) is 0. The number of carbonyl (C=O) groups excluding carboxylic acids is 1. The van der Waals surface area contributed by atoms with E-state index in [4.69, 9.17) is 9.47 Å². The number of nitrogens with zero attached hydrogens (tertiary/aromatic N) is 2. The Morgan fingerprint density at radius 2 is 1.43 bits per heavy atom. The van der Waals surface area contributed by atoms with Gasteiger partial charge in [0.1, 0.15) is 25.0 Å². The fourth-order valence-electron chi connectivity index (χ4n) is 4.43. The Balaban J connectivity index is 1.40. The predicted molar refractivity (Wildman–Crippen MR) is 108 cm³/mol. The maximum Gasteiger partial charge on any atom is 0.194 e. The van der Waals surface area contributed by atoms with Gasteiger partial charge in [0.05, 0.1) is 0 Å². The maximum atomic E-state index is 12.9. The molecule has 2 aromatic carbocycles. The van der Waals surface area contributed by atoms with Gasteiger partial charge in [-0.2, -0.15) is 0 Å². The Morgan fingerprint density at radius 1 is 0.750 bits per heavy atom. The number of rotatable bonds is 6. The minimum absolute atomic E-state index is 0.0720. The molecule has 0 N–H and O–H groups in total. The summed E-state index contributed by atoms with van der Waals surface area (Å²) in [5.41, 5.74) is 3.30. The lowest BCUT2D eigenvalue weighted by atomic mass is 10.0. The Bertz CT molecular complexity index is 883. The standard InChI is InChI=1S/C23H26N2O3/c26-23-18-9-8-17(27-15-24-10-1-2-11-24)14-20(18)22-19(23)6-5-7-21(22)28-16-25-12-3-4-13-25/h5-9,14H,1-4,10-13,15-16H2. The number of benzene rings is 2. The zero-order valence-corrected chi connectivity index (χ0v) is 16.2. The Hall–Kier alpha value is -2.37. The van der Waals surface area contributed by atoms with Gasteiger partial charge in [0.15, 0.2) is 5.78 Å². The number of ketones is 1. The second-order valence-corrected chi connectivity index (χ2v) is 7.91. The molecule has 2 fully saturated rings. The largest absolute Gasteiger partial charge is 0.478 e. The number of carbonyl (C=O) groups is 1. The summed E-state index contributed by atoms with van der Waals surface area (Å²) in [7, 11) is 0. The van der Waals surface area contributed by atoms with E-state index in [0.29, 0.717) is 13.5 Å². The Morgan fingerprint density at radius 3 is 2.14 bits per heavy atom. The van der Waals surface area contributed by atoms with E-state index in [1.807, 2.05) is 36.4 Å². The molecule has 0 unspecified atom stereocenters. The molecule has 28 heavy (non-hydrogen) atoms. The van der Waals surface area contributed by atoms with E-state index >= 15 is 0 Å². The first-order chi connectivity index (χ1) is 13.8. The molecule has 0 saturated carbocycles. The second kappa shape index (κ2) is 7.57. The molecule has 0 aromatic heterocycles. The molecule has 5 rings (SSSR count). The van der Waals surface area contributed by atoms with E-state index < -0.39 is 0 Å². The molecule has 2 saturated heterocycles. The van der Waals surface area contributed by atoms with Crippen molar-refractivity contribution in [2.75, 3.05) is 39.6 Å². The van der Waals surface area contributed by atoms with Crippen molar-refractivity contribution in [3.8, 4) is 22.6 Å². The van der Waals surface area contributed by atoms with Crippen molar-refractivity contribution in [2.24, 2.45) is 0 Å². The molecule has 2 aliphatic heterocycles. The fourth-order valence-corrected chi connectivity index (χ4v) is 4.43. The van der Waals surface area contributed by atoms with Crippen LogP contribution in [0.5, 0.6) is 11.5 Å². The van der Waals surface area contributed by atoms with Crippen molar-refractivity contribution >= 4 is 5.78 Å². The van der Waals surface area contributed by atoms with Crippen molar-refractivity contribution in [1.29, 1.82) is 0 Å². The third kappa shape index (κ3) is 3.29. The summed E-state index contributed by atoms with van der Waals surface area (Å²) in [5.74, 6) is 1.66. The third-order valence-electron chi connectivity index (χ3n) is 5.99. The monoisotopic (exact) mass is 378 g/mol. The number of fused-ring (bicyclic) bond motifs is 3. The summed E-state index contributed by atoms with van der Waals surface area (Å²) < 4.78 is 12.2. The van der Waals surface area contributed by atoms with Gasteiger partial charge in [-0.3, -0.25) is 14.6 Å². The summed E-state index contributed by atoms with van der Waals surface area (Å²) in [6.07, 6.45) is 4.95. The molecule has 2 heterocycles. The van der Waals surface area contributed by atoms with Crippen LogP contribution in [0.15, 0.2) is 36.4 Å². The molecule has 5 nitrogen and oxygen atoms in total. The highest BCUT2D eigenvalue weighted by atomic mass is 16.5. The lowest BCUT2D eigenvalue weighted by molar-refractivity contribution is 0.104. The van der Waals surface area contributed by atoms with Gasteiger partial charge < -0.3 is 9.47 Å². The summed E-state index contributed by atoms with van der Waals surface area (Å²) >= 11 is 0. The number of likely N-dealkylation sites (tertiary alicyclic amines) is 2. The molecule has 0 bridgehead atoms. The zero-order chi connectivity index (χ0) is 18.9. The fraction of sp³-hybridized carbons (Fsp3) is 0.435. The predicted octanol–water partition coefficient (Wildman–Crippen LogP) is 3.76. The molecule has 5 heteroatoms. The van der Waals surface area contributed by atoms with Gasteiger partial charge in [-0.25, -0.2) is 0 Å². The van der Waals surface area contributed by atoms with E-state index in [1.54, 1.807) is 0 Å². The van der Waals surface area contributed by atoms with E-state index in [9.17, 15) is 4.79 Å². The van der Waals surface area contributed by atoms with Crippen molar-refractivity contribution in [2.45, 2.75) is 25.7 Å². The highest BCUT2D eigenvalue weighted by molar-refractivity contribution is 6.22. The average Bonchev–Trinajstić information content (AvgIpc) is 3.47. The van der Waals surface area contributed by atoms with Gasteiger partial charge in [0.25, 0.3) is 0 Å². The molecule has 2 aromatic rings. The van der Waals surface area contributed by atoms with Crippen LogP contribution in [0.3, 0.4) is 0 Å². The van der Waals surface area contributed by atoms with Crippen LogP contribution < -0.4 is 9.47 Å². The maximum absolute atomic E-state index is 12.9. The van der Waals surface area contributed by atoms with E-state index in [-0.39, 0.29) is 5.78 Å². The van der Waals surface area contributed by atoms with Crippen molar-refractivity contribution in [3.63, 3.8) is 0 Å². The summed E-state index contributed by atoms with van der Waals surface area (Å²) in [6.45, 7) is 5.54. The number of hydrogen-bond acceptors (Lipinski definition) is 5. The summed E-state index contributed by atoms with van der Waals surface area (Å²) in [6, 6.07) is 11.6. The van der Waals surface area contributed by atoms with Crippen molar-refractivity contribution in [1.82, 2.24) is 9.80 Å². The molecule has 146 valence electrons. The molecule has 0 spiro atoms. The molecule has 0 radical (unpaired) electrons. The normalized spacial score (nSPS) is 19.1. The minimum Gasteiger partial charge on any atom is -0.478 e. The van der Waals surface area contributed by atoms with Gasteiger partial charge >= 0.3 is 0 Å². The summed E-state index contributed by atoms with van der Waals surface area (Å²) in [4.78, 5) is 17.5. The lowest BCUT2D eigenvalue weighted by Crippen LogP contribution is -2.24. The minimum atomic E-state index is 0.0720. The first-order valence-electron chi connectivity index (χ1n) is 10.3. The molecular weight excluding hydrogens is 352 g/mol. The average molecular weight is 378 g/mol. The quantitative estimate of drug-likeness (QED) is 0.653. The smallest absolute Gasteiger partial charge is 0.194 e. The zero-order valence-electron chi connectivity index (χ0n) is 16.2. The van der Waals surface area contributed by atoms with Crippen LogP contribution in [-0.2, 0) is 0 Å². The summed E-state index contributed by atoms with van der Waals surface area (Å²) in [5, 5.41) is 0. The van der Waals surface area contributed by atoms with Gasteiger partial charge in [0.2, 0.25) is 0 Å². The lowest BCUT2D eigenvalue weighted by Gasteiger charge is -2.18. The molecule has 3 aliphatic rings. The Labute approximate surface area is 165 Å². The van der Waals surface area contributed by atoms with Crippen LogP contribution in [0.2, 0.25) is 0 Å². The van der Waals surface area contributed by atoms with Gasteiger partial charge in [-0.05, 0) is 49.9 Å². The van der Waals surface area contributed by atoms with Gasteiger partial charge in [0, 0.05) is 48.4 Å². The highest BCUT2D eigenvalue weighted by Crippen LogP contribution is 2.44. The first-order valence-corrected chi connectivity index (χ1v) is 10.3. The SMILES string of the molecule is O=C1c2ccc(OCN3CCCC3)cc2-c2c(OCN3CCCC3)cccc21. The first kappa shape index (κ1) is 17.7. The Kier molecular flexibility index (Phi) is 4.79. The van der Waals surface area contributed by atoms with Crippen molar-refractivity contribution < 1.29 is 14.3 Å². The molecule has 0 amide bonds.